The van der Waals surface area contributed by atoms with Crippen molar-refractivity contribution in [1.82, 2.24) is 10.2 Å². The topological polar surface area (TPSA) is 126 Å². The molecule has 294 valence electrons. The number of hydrogen-bond donors (Lipinski definition) is 3. The van der Waals surface area contributed by atoms with Gasteiger partial charge in [0, 0.05) is 40.7 Å². The average molecular weight is 803 g/mol. The summed E-state index contributed by atoms with van der Waals surface area (Å²) in [6.07, 6.45) is 2.80. The number of thioether (sulfide) groups is 1. The van der Waals surface area contributed by atoms with Gasteiger partial charge in [0.1, 0.15) is 16.4 Å². The van der Waals surface area contributed by atoms with Gasteiger partial charge in [0.15, 0.2) is 0 Å². The molecule has 6 rings (SSSR count). The van der Waals surface area contributed by atoms with E-state index in [9.17, 15) is 19.2 Å². The minimum absolute atomic E-state index is 0.0520. The Labute approximate surface area is 341 Å². The van der Waals surface area contributed by atoms with Crippen molar-refractivity contribution < 1.29 is 28.7 Å². The first kappa shape index (κ1) is 41.0. The first-order valence-corrected chi connectivity index (χ1v) is 20.7. The number of ether oxygens (including phenoxy) is 2. The number of rotatable bonds is 16. The van der Waals surface area contributed by atoms with Gasteiger partial charge in [-0.05, 0) is 91.9 Å². The van der Waals surface area contributed by atoms with E-state index in [1.54, 1.807) is 67.6 Å². The van der Waals surface area contributed by atoms with Gasteiger partial charge in [-0.2, -0.15) is 0 Å². The number of carbonyl (C=O) groups is 4. The lowest BCUT2D eigenvalue weighted by molar-refractivity contribution is -0.116. The van der Waals surface area contributed by atoms with Crippen LogP contribution < -0.4 is 20.7 Å². The molecule has 57 heavy (non-hydrogen) atoms. The van der Waals surface area contributed by atoms with Crippen LogP contribution in [0.15, 0.2) is 120 Å². The molecule has 1 unspecified atom stereocenters. The summed E-state index contributed by atoms with van der Waals surface area (Å²) in [6.45, 7) is 8.63. The van der Waals surface area contributed by atoms with Gasteiger partial charge < -0.3 is 25.4 Å². The minimum atomic E-state index is -0.518. The van der Waals surface area contributed by atoms with Crippen molar-refractivity contribution in [3.63, 3.8) is 0 Å². The molecule has 3 amide bonds. The van der Waals surface area contributed by atoms with Crippen LogP contribution in [0.2, 0.25) is 0 Å². The molecule has 1 aliphatic heterocycles. The number of benzene rings is 4. The van der Waals surface area contributed by atoms with Crippen LogP contribution in [0.5, 0.6) is 5.75 Å². The average Bonchev–Trinajstić information content (AvgIpc) is 3.58. The Bertz CT molecular complexity index is 2210. The normalized spacial score (nSPS) is 13.2. The monoisotopic (exact) mass is 802 g/mol. The van der Waals surface area contributed by atoms with E-state index >= 15 is 0 Å². The van der Waals surface area contributed by atoms with Crippen LogP contribution in [0, 0.1) is 0 Å². The van der Waals surface area contributed by atoms with E-state index < -0.39 is 23.0 Å². The molecule has 10 nitrogen and oxygen atoms in total. The maximum absolute atomic E-state index is 13.9. The van der Waals surface area contributed by atoms with Crippen LogP contribution in [0.1, 0.15) is 69.5 Å². The molecule has 0 saturated carbocycles. The number of thiophene rings is 1. The van der Waals surface area contributed by atoms with Crippen molar-refractivity contribution in [2.45, 2.75) is 56.8 Å². The zero-order chi connectivity index (χ0) is 40.1. The van der Waals surface area contributed by atoms with Gasteiger partial charge in [-0.25, -0.2) is 4.79 Å². The fourth-order valence-electron chi connectivity index (χ4n) is 6.40. The van der Waals surface area contributed by atoms with E-state index in [0.717, 1.165) is 28.4 Å². The molecule has 1 aliphatic rings. The third-order valence-electron chi connectivity index (χ3n) is 9.17. The predicted octanol–water partition coefficient (Wildman–Crippen LogP) is 8.80. The Morgan fingerprint density at radius 1 is 0.860 bits per heavy atom. The van der Waals surface area contributed by atoms with Gasteiger partial charge in [0.25, 0.3) is 11.8 Å². The molecule has 4 aromatic carbocycles. The fourth-order valence-corrected chi connectivity index (χ4v) is 8.70. The summed E-state index contributed by atoms with van der Waals surface area (Å²) >= 11 is 2.80. The second-order valence-corrected chi connectivity index (χ2v) is 15.6. The standard InChI is InChI=1S/C45H46N4O6S2/c1-4-38(43(52)48-44-40(45(53)55-6-3)36-24-25-49(29-39(36)57-44)28-31-14-9-7-10-15-31)56-35-19-13-18-33(27-35)46-42(51)37(47-41(50)32-16-11-8-12-17-32)26-30-20-22-34(23-21-30)54-5-2/h7-23,26-27,38H,4-6,24-25,28-29H2,1-3H3,(H,46,51)(H,47,50)(H,48,52)/b37-26+. The summed E-state index contributed by atoms with van der Waals surface area (Å²) in [4.78, 5) is 58.2. The molecule has 0 fully saturated rings. The van der Waals surface area contributed by atoms with Crippen molar-refractivity contribution in [2.75, 3.05) is 30.4 Å². The smallest absolute Gasteiger partial charge is 0.341 e. The van der Waals surface area contributed by atoms with Gasteiger partial charge in [-0.15, -0.1) is 23.1 Å². The number of nitrogens with zero attached hydrogens (tertiary/aromatic N) is 1. The molecule has 2 heterocycles. The quantitative estimate of drug-likeness (QED) is 0.0514. The summed E-state index contributed by atoms with van der Waals surface area (Å²) < 4.78 is 11.0. The Morgan fingerprint density at radius 2 is 1.60 bits per heavy atom. The van der Waals surface area contributed by atoms with E-state index in [1.165, 1.54) is 28.7 Å². The van der Waals surface area contributed by atoms with Crippen LogP contribution in [-0.2, 0) is 33.8 Å². The zero-order valence-corrected chi connectivity index (χ0v) is 33.8. The molecule has 12 heteroatoms. The van der Waals surface area contributed by atoms with Gasteiger partial charge in [0.2, 0.25) is 5.91 Å². The molecule has 1 aromatic heterocycles. The van der Waals surface area contributed by atoms with Gasteiger partial charge in [0.05, 0.1) is 24.0 Å². The Balaban J connectivity index is 1.16. The van der Waals surface area contributed by atoms with Crippen LogP contribution in [0.4, 0.5) is 10.7 Å². The van der Waals surface area contributed by atoms with Gasteiger partial charge in [-0.3, -0.25) is 19.3 Å². The lowest BCUT2D eigenvalue weighted by atomic mass is 10.0. The van der Waals surface area contributed by atoms with E-state index in [2.05, 4.69) is 33.0 Å². The third kappa shape index (κ3) is 11.0. The molecule has 3 N–H and O–H groups in total. The van der Waals surface area contributed by atoms with E-state index in [4.69, 9.17) is 9.47 Å². The number of nitrogens with one attached hydrogen (secondary N) is 3. The zero-order valence-electron chi connectivity index (χ0n) is 32.2. The third-order valence-corrected chi connectivity index (χ3v) is 11.7. The summed E-state index contributed by atoms with van der Waals surface area (Å²) in [7, 11) is 0. The first-order valence-electron chi connectivity index (χ1n) is 19.0. The first-order chi connectivity index (χ1) is 27.7. The lowest BCUT2D eigenvalue weighted by Gasteiger charge is -2.27. The molecule has 0 bridgehead atoms. The molecule has 0 saturated heterocycles. The van der Waals surface area contributed by atoms with Gasteiger partial charge >= 0.3 is 5.97 Å². The molecular formula is C45H46N4O6S2. The summed E-state index contributed by atoms with van der Waals surface area (Å²) in [6, 6.07) is 33.4. The number of hydrogen-bond acceptors (Lipinski definition) is 9. The molecule has 1 atom stereocenters. The highest BCUT2D eigenvalue weighted by molar-refractivity contribution is 8.00. The van der Waals surface area contributed by atoms with Crippen LogP contribution >= 0.6 is 23.1 Å². The highest BCUT2D eigenvalue weighted by Gasteiger charge is 2.31. The molecule has 0 aliphatic carbocycles. The van der Waals surface area contributed by atoms with Crippen molar-refractivity contribution in [1.29, 1.82) is 0 Å². The molecule has 5 aromatic rings. The van der Waals surface area contributed by atoms with E-state index in [-0.39, 0.29) is 18.2 Å². The van der Waals surface area contributed by atoms with Crippen molar-refractivity contribution in [3.8, 4) is 5.75 Å². The minimum Gasteiger partial charge on any atom is -0.494 e. The fraction of sp³-hybridized carbons (Fsp3) is 0.244. The van der Waals surface area contributed by atoms with Crippen molar-refractivity contribution in [2.24, 2.45) is 0 Å². The number of amides is 3. The molecular weight excluding hydrogens is 757 g/mol. The molecule has 0 radical (unpaired) electrons. The van der Waals surface area contributed by atoms with Crippen LogP contribution in [0.3, 0.4) is 0 Å². The SMILES string of the molecule is CCOC(=O)c1c(NC(=O)C(CC)Sc2cccc(NC(=O)/C(=C\c3ccc(OCC)cc3)NC(=O)c3ccccc3)c2)sc2c1CCN(Cc1ccccc1)C2. The molecule has 0 spiro atoms. The highest BCUT2D eigenvalue weighted by atomic mass is 32.2. The maximum Gasteiger partial charge on any atom is 0.341 e. The largest absolute Gasteiger partial charge is 0.494 e. The van der Waals surface area contributed by atoms with E-state index in [0.29, 0.717) is 59.1 Å². The van der Waals surface area contributed by atoms with Crippen LogP contribution in [-0.4, -0.2) is 53.6 Å². The number of anilines is 2. The predicted molar refractivity (Wildman–Crippen MR) is 228 cm³/mol. The highest BCUT2D eigenvalue weighted by Crippen LogP contribution is 2.39. The summed E-state index contributed by atoms with van der Waals surface area (Å²) in [5.74, 6) is -0.905. The lowest BCUT2D eigenvalue weighted by Crippen LogP contribution is -2.30. The summed E-state index contributed by atoms with van der Waals surface area (Å²) in [5.41, 5.74) is 4.26. The number of fused-ring (bicyclic) bond motifs is 1. The second kappa shape index (κ2) is 19.9. The Kier molecular flexibility index (Phi) is 14.3. The Morgan fingerprint density at radius 3 is 2.30 bits per heavy atom. The number of esters is 1. The van der Waals surface area contributed by atoms with Gasteiger partial charge in [-0.1, -0.05) is 73.7 Å². The Hall–Kier alpha value is -5.69. The number of carbonyl (C=O) groups excluding carboxylic acids is 4. The van der Waals surface area contributed by atoms with Crippen molar-refractivity contribution in [3.05, 3.63) is 148 Å². The second-order valence-electron chi connectivity index (χ2n) is 13.2. The van der Waals surface area contributed by atoms with Crippen molar-refractivity contribution >= 4 is 63.6 Å². The summed E-state index contributed by atoms with van der Waals surface area (Å²) in [5, 5.41) is 8.78. The van der Waals surface area contributed by atoms with Crippen LogP contribution in [0.25, 0.3) is 6.08 Å². The maximum atomic E-state index is 13.9. The van der Waals surface area contributed by atoms with E-state index in [1.807, 2.05) is 56.3 Å².